The largest absolute Gasteiger partial charge is 0.386 e. The minimum Gasteiger partial charge on any atom is -0.386 e. The fourth-order valence-electron chi connectivity index (χ4n) is 1.78. The first-order chi connectivity index (χ1) is 11.6. The van der Waals surface area contributed by atoms with Gasteiger partial charge in [-0.2, -0.15) is 5.26 Å². The number of amides is 1. The quantitative estimate of drug-likeness (QED) is 0.497. The second kappa shape index (κ2) is 8.05. The lowest BCUT2D eigenvalue weighted by Gasteiger charge is -2.04. The van der Waals surface area contributed by atoms with Crippen LogP contribution in [0.4, 0.5) is 11.4 Å². The summed E-state index contributed by atoms with van der Waals surface area (Å²) in [4.78, 5) is 26.7. The highest BCUT2D eigenvalue weighted by molar-refractivity contribution is 5.91. The van der Waals surface area contributed by atoms with Crippen molar-refractivity contribution in [3.05, 3.63) is 69.8 Å². The Hall–Kier alpha value is -3.73. The lowest BCUT2D eigenvalue weighted by Crippen LogP contribution is -2.17. The fraction of sp³-hybridized carbons (Fsp3) is 0.0625. The summed E-state index contributed by atoms with van der Waals surface area (Å²) < 4.78 is 0. The van der Waals surface area contributed by atoms with Gasteiger partial charge in [0.05, 0.1) is 22.8 Å². The molecular weight excluding hydrogens is 312 g/mol. The molecule has 0 aliphatic carbocycles. The van der Waals surface area contributed by atoms with Crippen LogP contribution >= 0.6 is 0 Å². The number of carbonyl (C=O) groups excluding carboxylic acids is 1. The van der Waals surface area contributed by atoms with Crippen molar-refractivity contribution in [1.82, 2.24) is 0 Å². The summed E-state index contributed by atoms with van der Waals surface area (Å²) in [7, 11) is 0. The second-order valence-electron chi connectivity index (χ2n) is 4.60. The summed E-state index contributed by atoms with van der Waals surface area (Å²) in [6.45, 7) is -0.331. The average molecular weight is 324 g/mol. The second-order valence-corrected chi connectivity index (χ2v) is 4.60. The summed E-state index contributed by atoms with van der Waals surface area (Å²) in [5, 5.41) is 25.6. The number of nitro groups is 1. The molecule has 0 saturated heterocycles. The highest BCUT2D eigenvalue weighted by atomic mass is 16.6. The van der Waals surface area contributed by atoms with Crippen LogP contribution in [0.3, 0.4) is 0 Å². The normalized spacial score (nSPS) is 10.1. The van der Waals surface area contributed by atoms with Gasteiger partial charge in [-0.25, -0.2) is 0 Å². The predicted octanol–water partition coefficient (Wildman–Crippen LogP) is 2.46. The SMILES string of the molecule is N#Cc1cccc(NC(=O)CO/N=C\c2cccc([N+](=O)[O-])c2)c1. The topological polar surface area (TPSA) is 118 Å². The Labute approximate surface area is 137 Å². The molecule has 120 valence electrons. The van der Waals surface area contributed by atoms with Crippen LogP contribution in [0.5, 0.6) is 0 Å². The van der Waals surface area contributed by atoms with Crippen LogP contribution in [0.1, 0.15) is 11.1 Å². The Morgan fingerprint density at radius 2 is 2.12 bits per heavy atom. The Bertz CT molecular complexity index is 827. The maximum absolute atomic E-state index is 11.7. The fourth-order valence-corrected chi connectivity index (χ4v) is 1.78. The number of oxime groups is 1. The number of nitriles is 1. The Balaban J connectivity index is 1.85. The molecule has 8 nitrogen and oxygen atoms in total. The Morgan fingerprint density at radius 3 is 2.88 bits per heavy atom. The van der Waals surface area contributed by atoms with Gasteiger partial charge in [-0.1, -0.05) is 23.4 Å². The van der Waals surface area contributed by atoms with Crippen molar-refractivity contribution >= 4 is 23.5 Å². The molecule has 0 radical (unpaired) electrons. The molecule has 2 rings (SSSR count). The number of anilines is 1. The van der Waals surface area contributed by atoms with Gasteiger partial charge in [-0.15, -0.1) is 0 Å². The van der Waals surface area contributed by atoms with E-state index >= 15 is 0 Å². The van der Waals surface area contributed by atoms with Crippen LogP contribution in [-0.2, 0) is 9.63 Å². The summed E-state index contributed by atoms with van der Waals surface area (Å²) in [6, 6.07) is 14.3. The molecule has 0 bridgehead atoms. The van der Waals surface area contributed by atoms with Crippen LogP contribution in [-0.4, -0.2) is 23.7 Å². The van der Waals surface area contributed by atoms with E-state index in [1.807, 2.05) is 6.07 Å². The van der Waals surface area contributed by atoms with E-state index < -0.39 is 10.8 Å². The average Bonchev–Trinajstić information content (AvgIpc) is 2.59. The smallest absolute Gasteiger partial charge is 0.270 e. The molecule has 8 heteroatoms. The molecule has 24 heavy (non-hydrogen) atoms. The van der Waals surface area contributed by atoms with Crippen LogP contribution in [0.2, 0.25) is 0 Å². The van der Waals surface area contributed by atoms with E-state index in [2.05, 4.69) is 10.5 Å². The van der Waals surface area contributed by atoms with Gasteiger partial charge >= 0.3 is 0 Å². The molecule has 0 aromatic heterocycles. The van der Waals surface area contributed by atoms with Crippen LogP contribution in [0.25, 0.3) is 0 Å². The first-order valence-corrected chi connectivity index (χ1v) is 6.78. The van der Waals surface area contributed by atoms with Crippen molar-refractivity contribution in [2.24, 2.45) is 5.16 Å². The van der Waals surface area contributed by atoms with Crippen LogP contribution in [0.15, 0.2) is 53.7 Å². The minimum absolute atomic E-state index is 0.0610. The van der Waals surface area contributed by atoms with E-state index in [1.165, 1.54) is 30.5 Å². The lowest BCUT2D eigenvalue weighted by molar-refractivity contribution is -0.384. The van der Waals surface area contributed by atoms with Gasteiger partial charge in [0.15, 0.2) is 6.61 Å². The Kier molecular flexibility index (Phi) is 5.58. The van der Waals surface area contributed by atoms with Gasteiger partial charge in [-0.3, -0.25) is 14.9 Å². The summed E-state index contributed by atoms with van der Waals surface area (Å²) >= 11 is 0. The van der Waals surface area contributed by atoms with E-state index in [0.29, 0.717) is 16.8 Å². The molecular formula is C16H12N4O4. The highest BCUT2D eigenvalue weighted by Crippen LogP contribution is 2.12. The summed E-state index contributed by atoms with van der Waals surface area (Å²) in [5.41, 5.74) is 1.32. The van der Waals surface area contributed by atoms with Crippen molar-refractivity contribution in [2.75, 3.05) is 11.9 Å². The summed E-state index contributed by atoms with van der Waals surface area (Å²) in [6.07, 6.45) is 1.27. The number of nitrogens with one attached hydrogen (secondary N) is 1. The number of hydrogen-bond acceptors (Lipinski definition) is 6. The zero-order valence-corrected chi connectivity index (χ0v) is 12.4. The van der Waals surface area contributed by atoms with Crippen molar-refractivity contribution in [2.45, 2.75) is 0 Å². The summed E-state index contributed by atoms with van der Waals surface area (Å²) in [5.74, 6) is -0.443. The third kappa shape index (κ3) is 4.92. The van der Waals surface area contributed by atoms with Gasteiger partial charge in [0.25, 0.3) is 11.6 Å². The van der Waals surface area contributed by atoms with E-state index in [-0.39, 0.29) is 12.3 Å². The number of hydrogen-bond donors (Lipinski definition) is 1. The van der Waals surface area contributed by atoms with Crippen molar-refractivity contribution in [1.29, 1.82) is 5.26 Å². The van der Waals surface area contributed by atoms with Crippen molar-refractivity contribution in [3.8, 4) is 6.07 Å². The van der Waals surface area contributed by atoms with E-state index in [9.17, 15) is 14.9 Å². The zero-order valence-electron chi connectivity index (χ0n) is 12.4. The number of nitrogens with zero attached hydrogens (tertiary/aromatic N) is 3. The molecule has 0 fully saturated rings. The maximum Gasteiger partial charge on any atom is 0.270 e. The van der Waals surface area contributed by atoms with E-state index in [0.717, 1.165) is 0 Å². The minimum atomic E-state index is -0.513. The molecule has 1 N–H and O–H groups in total. The highest BCUT2D eigenvalue weighted by Gasteiger charge is 2.05. The molecule has 0 heterocycles. The predicted molar refractivity (Wildman–Crippen MR) is 86.4 cm³/mol. The van der Waals surface area contributed by atoms with E-state index in [1.54, 1.807) is 24.3 Å². The Morgan fingerprint density at radius 1 is 1.33 bits per heavy atom. The van der Waals surface area contributed by atoms with Crippen molar-refractivity contribution in [3.63, 3.8) is 0 Å². The van der Waals surface area contributed by atoms with E-state index in [4.69, 9.17) is 10.1 Å². The number of rotatable bonds is 6. The number of non-ortho nitro benzene ring substituents is 1. The molecule has 2 aromatic carbocycles. The number of carbonyl (C=O) groups is 1. The van der Waals surface area contributed by atoms with Crippen molar-refractivity contribution < 1.29 is 14.6 Å². The maximum atomic E-state index is 11.7. The third-order valence-electron chi connectivity index (χ3n) is 2.83. The van der Waals surface area contributed by atoms with Gasteiger partial charge in [0.2, 0.25) is 0 Å². The molecule has 0 aliphatic heterocycles. The molecule has 0 unspecified atom stereocenters. The van der Waals surface area contributed by atoms with Crippen LogP contribution < -0.4 is 5.32 Å². The van der Waals surface area contributed by atoms with Gasteiger partial charge in [0, 0.05) is 23.4 Å². The first-order valence-electron chi connectivity index (χ1n) is 6.78. The lowest BCUT2D eigenvalue weighted by atomic mass is 10.2. The zero-order chi connectivity index (χ0) is 17.4. The number of benzene rings is 2. The van der Waals surface area contributed by atoms with Gasteiger partial charge in [0.1, 0.15) is 0 Å². The standard InChI is InChI=1S/C16H12N4O4/c17-9-12-3-1-5-14(7-12)19-16(21)11-24-18-10-13-4-2-6-15(8-13)20(22)23/h1-8,10H,11H2,(H,19,21)/b18-10-. The molecule has 1 amide bonds. The molecule has 0 spiro atoms. The molecule has 0 atom stereocenters. The third-order valence-corrected chi connectivity index (χ3v) is 2.83. The molecule has 0 aliphatic rings. The molecule has 0 saturated carbocycles. The molecule has 2 aromatic rings. The van der Waals surface area contributed by atoms with Gasteiger partial charge < -0.3 is 10.2 Å². The first kappa shape index (κ1) is 16.6. The number of nitro benzene ring substituents is 1. The van der Waals surface area contributed by atoms with Gasteiger partial charge in [-0.05, 0) is 18.2 Å². The monoisotopic (exact) mass is 324 g/mol. The van der Waals surface area contributed by atoms with Crippen LogP contribution in [0, 0.1) is 21.4 Å².